The Kier molecular flexibility index (Phi) is 2.88. The minimum Gasteiger partial charge on any atom is -0.314 e. The maximum Gasteiger partial charge on any atom is 0.346 e. The second-order valence-electron chi connectivity index (χ2n) is 4.56. The van der Waals surface area contributed by atoms with Gasteiger partial charge in [0, 0.05) is 32.3 Å². The molecule has 1 fully saturated rings. The number of carbonyl (C=O) groups is 1. The maximum atomic E-state index is 11.2. The third-order valence-corrected chi connectivity index (χ3v) is 3.41. The minimum atomic E-state index is -0.471. The molecule has 1 aliphatic carbocycles. The SMILES string of the molecule is O=C1N=C2C=C([N+](=O)[O-])C(N3CCNCC3)C=C2N1. The molecule has 8 nitrogen and oxygen atoms in total. The lowest BCUT2D eigenvalue weighted by Gasteiger charge is -2.32. The summed E-state index contributed by atoms with van der Waals surface area (Å²) in [5, 5.41) is 17.0. The molecule has 0 radical (unpaired) electrons. The first-order valence-electron chi connectivity index (χ1n) is 6.08. The van der Waals surface area contributed by atoms with Crippen LogP contribution >= 0.6 is 0 Å². The number of fused-ring (bicyclic) bond motifs is 1. The van der Waals surface area contributed by atoms with E-state index in [0.717, 1.165) is 26.2 Å². The van der Waals surface area contributed by atoms with Crippen molar-refractivity contribution in [2.24, 2.45) is 4.99 Å². The van der Waals surface area contributed by atoms with E-state index in [-0.39, 0.29) is 5.70 Å². The van der Waals surface area contributed by atoms with Gasteiger partial charge in [0.2, 0.25) is 0 Å². The van der Waals surface area contributed by atoms with Gasteiger partial charge in [0.05, 0.1) is 16.3 Å². The number of nitro groups is 1. The van der Waals surface area contributed by atoms with Crippen molar-refractivity contribution in [1.82, 2.24) is 15.5 Å². The first kappa shape index (κ1) is 12.0. The van der Waals surface area contributed by atoms with Crippen LogP contribution < -0.4 is 10.6 Å². The third-order valence-electron chi connectivity index (χ3n) is 3.41. The molecule has 19 heavy (non-hydrogen) atoms. The van der Waals surface area contributed by atoms with Gasteiger partial charge in [0.15, 0.2) is 0 Å². The zero-order valence-electron chi connectivity index (χ0n) is 10.1. The standard InChI is InChI=1S/C11H13N5O3/c17-11-13-7-5-9(15-3-1-12-2-4-15)10(16(18)19)6-8(7)14-11/h5-6,9,12H,1-4H2,(H,13,17). The summed E-state index contributed by atoms with van der Waals surface area (Å²) in [6.07, 6.45) is 3.10. The first-order valence-corrected chi connectivity index (χ1v) is 6.08. The highest BCUT2D eigenvalue weighted by atomic mass is 16.6. The Morgan fingerprint density at radius 1 is 1.42 bits per heavy atom. The van der Waals surface area contributed by atoms with Crippen molar-refractivity contribution < 1.29 is 9.72 Å². The van der Waals surface area contributed by atoms with Gasteiger partial charge in [0.1, 0.15) is 6.04 Å². The van der Waals surface area contributed by atoms with Crippen LogP contribution in [0, 0.1) is 10.1 Å². The summed E-state index contributed by atoms with van der Waals surface area (Å²) in [5.74, 6) is 0. The number of hydrogen-bond acceptors (Lipinski definition) is 5. The molecule has 2 N–H and O–H groups in total. The van der Waals surface area contributed by atoms with Gasteiger partial charge in [0.25, 0.3) is 5.70 Å². The van der Waals surface area contributed by atoms with E-state index < -0.39 is 17.0 Å². The summed E-state index contributed by atoms with van der Waals surface area (Å²) in [6, 6.07) is -0.884. The van der Waals surface area contributed by atoms with Crippen LogP contribution in [0.5, 0.6) is 0 Å². The molecule has 1 saturated heterocycles. The fourth-order valence-corrected chi connectivity index (χ4v) is 2.50. The molecule has 0 aromatic rings. The molecule has 0 spiro atoms. The van der Waals surface area contributed by atoms with Gasteiger partial charge in [-0.1, -0.05) is 0 Å². The molecule has 1 unspecified atom stereocenters. The fraction of sp³-hybridized carbons (Fsp3) is 0.455. The van der Waals surface area contributed by atoms with Crippen molar-refractivity contribution in [2.75, 3.05) is 26.2 Å². The Labute approximate surface area is 109 Å². The molecule has 3 aliphatic rings. The van der Waals surface area contributed by atoms with Gasteiger partial charge in [-0.05, 0) is 6.08 Å². The number of rotatable bonds is 2. The van der Waals surface area contributed by atoms with Crippen molar-refractivity contribution in [3.63, 3.8) is 0 Å². The number of aliphatic imine (C=N–C) groups is 1. The average Bonchev–Trinajstić information content (AvgIpc) is 2.77. The number of carbonyl (C=O) groups excluding carboxylic acids is 1. The summed E-state index contributed by atoms with van der Waals surface area (Å²) < 4.78 is 0. The van der Waals surface area contributed by atoms with Crippen LogP contribution in [0.2, 0.25) is 0 Å². The van der Waals surface area contributed by atoms with Gasteiger partial charge in [-0.2, -0.15) is 4.99 Å². The lowest BCUT2D eigenvalue weighted by Crippen LogP contribution is -2.50. The number of urea groups is 1. The van der Waals surface area contributed by atoms with Crippen LogP contribution in [0.25, 0.3) is 0 Å². The van der Waals surface area contributed by atoms with Crippen molar-refractivity contribution in [3.05, 3.63) is 33.7 Å². The van der Waals surface area contributed by atoms with E-state index in [0.29, 0.717) is 11.4 Å². The molecule has 2 heterocycles. The highest BCUT2D eigenvalue weighted by Crippen LogP contribution is 2.23. The normalized spacial score (nSPS) is 27.1. The molecular weight excluding hydrogens is 250 g/mol. The molecule has 0 bridgehead atoms. The van der Waals surface area contributed by atoms with Crippen LogP contribution in [0.15, 0.2) is 28.5 Å². The molecule has 0 saturated carbocycles. The predicted octanol–water partition coefficient (Wildman–Crippen LogP) is -0.517. The van der Waals surface area contributed by atoms with E-state index >= 15 is 0 Å². The summed E-state index contributed by atoms with van der Waals surface area (Å²) in [7, 11) is 0. The zero-order chi connectivity index (χ0) is 13.4. The quantitative estimate of drug-likeness (QED) is 0.516. The van der Waals surface area contributed by atoms with E-state index in [1.807, 2.05) is 4.90 Å². The highest BCUT2D eigenvalue weighted by Gasteiger charge is 2.36. The molecule has 3 rings (SSSR count). The van der Waals surface area contributed by atoms with Gasteiger partial charge in [-0.25, -0.2) is 4.79 Å². The van der Waals surface area contributed by atoms with Gasteiger partial charge in [-0.3, -0.25) is 15.0 Å². The summed E-state index contributed by atoms with van der Waals surface area (Å²) in [6.45, 7) is 3.08. The number of hydrogen-bond donors (Lipinski definition) is 2. The summed E-state index contributed by atoms with van der Waals surface area (Å²) in [4.78, 5) is 27.7. The predicted molar refractivity (Wildman–Crippen MR) is 67.4 cm³/mol. The van der Waals surface area contributed by atoms with Crippen molar-refractivity contribution in [2.45, 2.75) is 6.04 Å². The average molecular weight is 263 g/mol. The summed E-state index contributed by atoms with van der Waals surface area (Å²) in [5.41, 5.74) is 0.989. The molecule has 0 aromatic heterocycles. The minimum absolute atomic E-state index is 0.0703. The van der Waals surface area contributed by atoms with E-state index in [4.69, 9.17) is 0 Å². The van der Waals surface area contributed by atoms with Crippen LogP contribution in [-0.2, 0) is 0 Å². The van der Waals surface area contributed by atoms with Crippen LogP contribution in [-0.4, -0.2) is 53.8 Å². The zero-order valence-corrected chi connectivity index (χ0v) is 10.1. The van der Waals surface area contributed by atoms with E-state index in [2.05, 4.69) is 15.6 Å². The van der Waals surface area contributed by atoms with E-state index in [1.54, 1.807) is 6.08 Å². The topological polar surface area (TPSA) is 99.9 Å². The molecule has 2 amide bonds. The molecule has 2 aliphatic heterocycles. The van der Waals surface area contributed by atoms with Crippen LogP contribution in [0.3, 0.4) is 0 Å². The number of amides is 2. The van der Waals surface area contributed by atoms with Crippen LogP contribution in [0.4, 0.5) is 4.79 Å². The largest absolute Gasteiger partial charge is 0.346 e. The van der Waals surface area contributed by atoms with E-state index in [1.165, 1.54) is 6.08 Å². The second-order valence-corrected chi connectivity index (χ2v) is 4.56. The molecule has 100 valence electrons. The smallest absolute Gasteiger partial charge is 0.314 e. The Morgan fingerprint density at radius 3 is 2.84 bits per heavy atom. The Balaban J connectivity index is 1.94. The lowest BCUT2D eigenvalue weighted by atomic mass is 10.0. The van der Waals surface area contributed by atoms with Gasteiger partial charge >= 0.3 is 6.03 Å². The molecular formula is C11H13N5O3. The Bertz CT molecular complexity index is 530. The Hall–Kier alpha value is -2.06. The van der Waals surface area contributed by atoms with Crippen LogP contribution in [0.1, 0.15) is 0 Å². The maximum absolute atomic E-state index is 11.2. The Morgan fingerprint density at radius 2 is 2.16 bits per heavy atom. The number of allylic oxidation sites excluding steroid dienone is 1. The van der Waals surface area contributed by atoms with Crippen molar-refractivity contribution in [1.29, 1.82) is 0 Å². The van der Waals surface area contributed by atoms with Gasteiger partial charge in [-0.15, -0.1) is 0 Å². The monoisotopic (exact) mass is 263 g/mol. The number of nitrogens with one attached hydrogen (secondary N) is 2. The number of piperazine rings is 1. The fourth-order valence-electron chi connectivity index (χ4n) is 2.50. The molecule has 1 atom stereocenters. The first-order chi connectivity index (χ1) is 9.15. The second kappa shape index (κ2) is 4.56. The lowest BCUT2D eigenvalue weighted by molar-refractivity contribution is -0.431. The third kappa shape index (κ3) is 2.15. The molecule has 8 heteroatoms. The highest BCUT2D eigenvalue weighted by molar-refractivity contribution is 6.19. The summed E-state index contributed by atoms with van der Waals surface area (Å²) >= 11 is 0. The van der Waals surface area contributed by atoms with Gasteiger partial charge < -0.3 is 10.6 Å². The van der Waals surface area contributed by atoms with Crippen molar-refractivity contribution in [3.8, 4) is 0 Å². The van der Waals surface area contributed by atoms with Crippen molar-refractivity contribution >= 4 is 11.7 Å². The molecule has 0 aromatic carbocycles. The van der Waals surface area contributed by atoms with E-state index in [9.17, 15) is 14.9 Å². The number of nitrogens with zero attached hydrogens (tertiary/aromatic N) is 3.